The lowest BCUT2D eigenvalue weighted by atomic mass is 9.94. The highest BCUT2D eigenvalue weighted by molar-refractivity contribution is 6.19. The molecule has 0 atom stereocenters. The lowest BCUT2D eigenvalue weighted by Gasteiger charge is -2.12. The molecule has 56 heavy (non-hydrogen) atoms. The molecule has 0 amide bonds. The van der Waals surface area contributed by atoms with Crippen molar-refractivity contribution in [3.05, 3.63) is 176 Å². The van der Waals surface area contributed by atoms with Gasteiger partial charge in [-0.15, -0.1) is 0 Å². The van der Waals surface area contributed by atoms with Crippen molar-refractivity contribution < 1.29 is 8.83 Å². The first-order chi connectivity index (χ1) is 27.7. The van der Waals surface area contributed by atoms with Crippen LogP contribution in [0.15, 0.2) is 185 Å². The number of benzene rings is 9. The zero-order chi connectivity index (χ0) is 36.7. The predicted octanol–water partition coefficient (Wildman–Crippen LogP) is 13.8. The van der Waals surface area contributed by atoms with Crippen molar-refractivity contribution in [2.24, 2.45) is 0 Å². The van der Waals surface area contributed by atoms with Gasteiger partial charge in [0.1, 0.15) is 22.3 Å². The molecule has 0 aliphatic rings. The third-order valence-corrected chi connectivity index (χ3v) is 11.1. The van der Waals surface area contributed by atoms with Crippen LogP contribution in [0.5, 0.6) is 0 Å². The molecule has 0 spiro atoms. The maximum absolute atomic E-state index is 6.93. The van der Waals surface area contributed by atoms with Crippen molar-refractivity contribution in [1.29, 1.82) is 0 Å². The van der Waals surface area contributed by atoms with Crippen LogP contribution in [0.1, 0.15) is 0 Å². The van der Waals surface area contributed by atoms with Crippen LogP contribution in [0.3, 0.4) is 0 Å². The lowest BCUT2D eigenvalue weighted by Crippen LogP contribution is -2.00. The summed E-state index contributed by atoms with van der Waals surface area (Å²) in [7, 11) is 0. The molecular weight excluding hydrogens is 687 g/mol. The van der Waals surface area contributed by atoms with Crippen LogP contribution in [0.4, 0.5) is 0 Å². The minimum Gasteiger partial charge on any atom is -0.456 e. The van der Waals surface area contributed by atoms with Crippen LogP contribution in [0, 0.1) is 0 Å². The third-order valence-electron chi connectivity index (χ3n) is 11.1. The van der Waals surface area contributed by atoms with Gasteiger partial charge in [-0.2, -0.15) is 0 Å². The van der Waals surface area contributed by atoms with E-state index in [2.05, 4.69) is 146 Å². The number of hydrogen-bond donors (Lipinski definition) is 0. The van der Waals surface area contributed by atoms with E-state index in [1.54, 1.807) is 0 Å². The van der Waals surface area contributed by atoms with E-state index in [4.69, 9.17) is 23.8 Å². The smallest absolute Gasteiger partial charge is 0.164 e. The van der Waals surface area contributed by atoms with Gasteiger partial charge in [-0.3, -0.25) is 0 Å². The first-order valence-corrected chi connectivity index (χ1v) is 18.8. The molecule has 0 radical (unpaired) electrons. The van der Waals surface area contributed by atoms with E-state index < -0.39 is 0 Å². The highest BCUT2D eigenvalue weighted by Gasteiger charge is 2.22. The molecule has 0 aliphatic carbocycles. The average molecular weight is 716 g/mol. The Morgan fingerprint density at radius 3 is 1.75 bits per heavy atom. The van der Waals surface area contributed by atoms with Gasteiger partial charge in [-0.1, -0.05) is 121 Å². The van der Waals surface area contributed by atoms with Gasteiger partial charge >= 0.3 is 0 Å². The van der Waals surface area contributed by atoms with Crippen molar-refractivity contribution in [3.8, 4) is 45.3 Å². The molecule has 9 aromatic carbocycles. The Kier molecular flexibility index (Phi) is 6.56. The Morgan fingerprint density at radius 1 is 0.304 bits per heavy atom. The zero-order valence-corrected chi connectivity index (χ0v) is 29.9. The monoisotopic (exact) mass is 715 g/mol. The molecule has 0 fully saturated rings. The molecule has 0 aliphatic heterocycles. The second-order valence-corrected chi connectivity index (χ2v) is 14.4. The second-order valence-electron chi connectivity index (χ2n) is 14.4. The van der Waals surface area contributed by atoms with E-state index in [9.17, 15) is 0 Å². The predicted molar refractivity (Wildman–Crippen MR) is 229 cm³/mol. The van der Waals surface area contributed by atoms with Crippen LogP contribution in [-0.4, -0.2) is 15.0 Å². The molecule has 0 N–H and O–H groups in total. The number of nitrogens with zero attached hydrogens (tertiary/aromatic N) is 3. The van der Waals surface area contributed by atoms with Crippen LogP contribution in [-0.2, 0) is 0 Å². The maximum atomic E-state index is 6.93. The largest absolute Gasteiger partial charge is 0.456 e. The minimum atomic E-state index is 0.570. The fourth-order valence-electron chi connectivity index (χ4n) is 8.37. The van der Waals surface area contributed by atoms with Gasteiger partial charge in [0.2, 0.25) is 0 Å². The molecule has 260 valence electrons. The highest BCUT2D eigenvalue weighted by Crippen LogP contribution is 2.44. The first-order valence-electron chi connectivity index (χ1n) is 18.8. The van der Waals surface area contributed by atoms with E-state index in [1.807, 2.05) is 30.3 Å². The molecule has 5 nitrogen and oxygen atoms in total. The van der Waals surface area contributed by atoms with Crippen molar-refractivity contribution >= 4 is 76.2 Å². The van der Waals surface area contributed by atoms with E-state index in [-0.39, 0.29) is 0 Å². The van der Waals surface area contributed by atoms with Crippen LogP contribution in [0.2, 0.25) is 0 Å². The molecular formula is C51H29N3O2. The molecule has 0 unspecified atom stereocenters. The minimum absolute atomic E-state index is 0.570. The van der Waals surface area contributed by atoms with E-state index in [0.29, 0.717) is 17.5 Å². The van der Waals surface area contributed by atoms with Gasteiger partial charge in [0.25, 0.3) is 0 Å². The van der Waals surface area contributed by atoms with E-state index in [0.717, 1.165) is 98.6 Å². The molecule has 3 heterocycles. The summed E-state index contributed by atoms with van der Waals surface area (Å²) in [6.07, 6.45) is 0. The van der Waals surface area contributed by atoms with E-state index >= 15 is 0 Å². The summed E-state index contributed by atoms with van der Waals surface area (Å²) in [6, 6.07) is 61.1. The fourth-order valence-corrected chi connectivity index (χ4v) is 8.37. The number of hydrogen-bond acceptors (Lipinski definition) is 5. The molecule has 0 saturated carbocycles. The molecule has 12 aromatic rings. The summed E-state index contributed by atoms with van der Waals surface area (Å²) < 4.78 is 13.1. The third kappa shape index (κ3) is 4.78. The maximum Gasteiger partial charge on any atom is 0.164 e. The number of fused-ring (bicyclic) bond motifs is 9. The summed E-state index contributed by atoms with van der Waals surface area (Å²) in [5, 5.41) is 10.9. The Morgan fingerprint density at radius 2 is 0.911 bits per heavy atom. The number of rotatable bonds is 4. The van der Waals surface area contributed by atoms with Crippen LogP contribution < -0.4 is 0 Å². The highest BCUT2D eigenvalue weighted by atomic mass is 16.3. The molecule has 0 saturated heterocycles. The van der Waals surface area contributed by atoms with Crippen molar-refractivity contribution in [1.82, 2.24) is 15.0 Å². The van der Waals surface area contributed by atoms with Gasteiger partial charge in [0.05, 0.1) is 0 Å². The number of para-hydroxylation sites is 1. The average Bonchev–Trinajstić information content (AvgIpc) is 3.83. The Bertz CT molecular complexity index is 3550. The summed E-state index contributed by atoms with van der Waals surface area (Å²) in [6.45, 7) is 0. The van der Waals surface area contributed by atoms with E-state index in [1.165, 1.54) is 5.39 Å². The summed E-state index contributed by atoms with van der Waals surface area (Å²) >= 11 is 0. The number of furan rings is 2. The lowest BCUT2D eigenvalue weighted by molar-refractivity contribution is 0.669. The van der Waals surface area contributed by atoms with Crippen LogP contribution >= 0.6 is 0 Å². The van der Waals surface area contributed by atoms with Gasteiger partial charge in [-0.25, -0.2) is 15.0 Å². The van der Waals surface area contributed by atoms with Gasteiger partial charge < -0.3 is 8.83 Å². The first kappa shape index (κ1) is 30.8. The van der Waals surface area contributed by atoms with Gasteiger partial charge in [0, 0.05) is 43.8 Å². The second kappa shape index (κ2) is 11.9. The van der Waals surface area contributed by atoms with Crippen molar-refractivity contribution in [2.45, 2.75) is 0 Å². The Balaban J connectivity index is 1.16. The van der Waals surface area contributed by atoms with Crippen molar-refractivity contribution in [2.75, 3.05) is 0 Å². The van der Waals surface area contributed by atoms with Gasteiger partial charge in [0.15, 0.2) is 17.5 Å². The topological polar surface area (TPSA) is 65.0 Å². The fraction of sp³-hybridized carbons (Fsp3) is 0. The molecule has 0 bridgehead atoms. The number of aromatic nitrogens is 3. The normalized spacial score (nSPS) is 11.9. The Labute approximate surface area is 320 Å². The van der Waals surface area contributed by atoms with Crippen molar-refractivity contribution in [3.63, 3.8) is 0 Å². The zero-order valence-electron chi connectivity index (χ0n) is 29.9. The standard InChI is InChI=1S/C51H29N3O2/c1-2-12-32-26-35(21-20-30(32)10-1)49-52-50(36-22-25-45-42(28-36)39-17-7-8-19-44(39)55-45)54-51(53-49)41-24-23-40(38-18-9-15-31-11-5-6-16-37(31)38)48-47(41)43-27-33-13-3-4-14-34(33)29-46(43)56-48/h1-29H. The molecule has 12 rings (SSSR count). The Hall–Kier alpha value is -7.63. The quantitative estimate of drug-likeness (QED) is 0.181. The SMILES string of the molecule is c1ccc2cc(-c3nc(-c4ccc5oc6ccccc6c5c4)nc(-c4ccc(-c5cccc6ccccc56)c5oc6cc7ccccc7cc6c45)n3)ccc2c1. The summed E-state index contributed by atoms with van der Waals surface area (Å²) in [4.78, 5) is 15.7. The van der Waals surface area contributed by atoms with Gasteiger partial charge in [-0.05, 0) is 92.5 Å². The molecule has 3 aromatic heterocycles. The molecule has 5 heteroatoms. The summed E-state index contributed by atoms with van der Waals surface area (Å²) in [5.41, 5.74) is 8.07. The van der Waals surface area contributed by atoms with Crippen LogP contribution in [0.25, 0.3) is 121 Å². The summed E-state index contributed by atoms with van der Waals surface area (Å²) in [5.74, 6) is 1.74.